The van der Waals surface area contributed by atoms with E-state index < -0.39 is 0 Å². The zero-order valence-electron chi connectivity index (χ0n) is 11.4. The molecule has 0 amide bonds. The van der Waals surface area contributed by atoms with Gasteiger partial charge in [0.15, 0.2) is 0 Å². The van der Waals surface area contributed by atoms with Gasteiger partial charge in [0.05, 0.1) is 0 Å². The fourth-order valence-electron chi connectivity index (χ4n) is 1.82. The van der Waals surface area contributed by atoms with Crippen molar-refractivity contribution in [3.8, 4) is 11.5 Å². The molecule has 0 bridgehead atoms. The summed E-state index contributed by atoms with van der Waals surface area (Å²) in [5, 5.41) is 3.10. The molecule has 0 aliphatic rings. The minimum Gasteiger partial charge on any atom is -0.490 e. The smallest absolute Gasteiger partial charge is 0.123 e. The minimum atomic E-state index is -0.269. The zero-order valence-corrected chi connectivity index (χ0v) is 11.4. The maximum atomic E-state index is 12.7. The molecule has 0 aliphatic heterocycles. The van der Waals surface area contributed by atoms with Crippen LogP contribution in [0.2, 0.25) is 0 Å². The van der Waals surface area contributed by atoms with Gasteiger partial charge in [-0.05, 0) is 37.4 Å². The molecule has 3 nitrogen and oxygen atoms in total. The standard InChI is InChI=1S/C16H18FNO2/c1-18-12-13-4-2-3-5-16(13)20-11-10-19-15-8-6-14(17)7-9-15/h2-9,18H,10-12H2,1H3. The number of benzene rings is 2. The number of ether oxygens (including phenoxy) is 2. The normalized spacial score (nSPS) is 10.3. The van der Waals surface area contributed by atoms with Crippen LogP contribution < -0.4 is 14.8 Å². The van der Waals surface area contributed by atoms with Gasteiger partial charge in [-0.3, -0.25) is 0 Å². The fourth-order valence-corrected chi connectivity index (χ4v) is 1.82. The van der Waals surface area contributed by atoms with Crippen molar-refractivity contribution in [1.29, 1.82) is 0 Å². The van der Waals surface area contributed by atoms with Gasteiger partial charge in [-0.25, -0.2) is 4.39 Å². The lowest BCUT2D eigenvalue weighted by molar-refractivity contribution is 0.215. The summed E-state index contributed by atoms with van der Waals surface area (Å²) in [5.74, 6) is 1.22. The van der Waals surface area contributed by atoms with Crippen LogP contribution in [-0.4, -0.2) is 20.3 Å². The van der Waals surface area contributed by atoms with Crippen LogP contribution in [0.1, 0.15) is 5.56 Å². The largest absolute Gasteiger partial charge is 0.490 e. The van der Waals surface area contributed by atoms with Crippen LogP contribution in [0.3, 0.4) is 0 Å². The first kappa shape index (κ1) is 14.3. The number of halogens is 1. The van der Waals surface area contributed by atoms with Gasteiger partial charge in [0.2, 0.25) is 0 Å². The lowest BCUT2D eigenvalue weighted by Gasteiger charge is -2.11. The van der Waals surface area contributed by atoms with Crippen LogP contribution in [0.5, 0.6) is 11.5 Å². The van der Waals surface area contributed by atoms with Crippen LogP contribution >= 0.6 is 0 Å². The molecule has 0 saturated carbocycles. The van der Waals surface area contributed by atoms with Gasteiger partial charge >= 0.3 is 0 Å². The highest BCUT2D eigenvalue weighted by molar-refractivity contribution is 5.33. The van der Waals surface area contributed by atoms with Crippen LogP contribution in [0.15, 0.2) is 48.5 Å². The van der Waals surface area contributed by atoms with Crippen LogP contribution in [0.25, 0.3) is 0 Å². The molecule has 0 heterocycles. The molecule has 0 saturated heterocycles. The highest BCUT2D eigenvalue weighted by atomic mass is 19.1. The Hall–Kier alpha value is -2.07. The quantitative estimate of drug-likeness (QED) is 0.788. The molecule has 2 aromatic rings. The lowest BCUT2D eigenvalue weighted by Crippen LogP contribution is -2.12. The van der Waals surface area contributed by atoms with E-state index in [0.29, 0.717) is 19.0 Å². The molecule has 0 atom stereocenters. The van der Waals surface area contributed by atoms with Gasteiger partial charge in [0.25, 0.3) is 0 Å². The topological polar surface area (TPSA) is 30.5 Å². The Morgan fingerprint density at radius 3 is 2.40 bits per heavy atom. The average molecular weight is 275 g/mol. The van der Waals surface area contributed by atoms with E-state index in [2.05, 4.69) is 5.32 Å². The summed E-state index contributed by atoms with van der Waals surface area (Å²) in [6.07, 6.45) is 0. The Bertz CT molecular complexity index is 528. The second-order valence-corrected chi connectivity index (χ2v) is 4.29. The maximum Gasteiger partial charge on any atom is 0.123 e. The predicted molar refractivity (Wildman–Crippen MR) is 76.6 cm³/mol. The molecule has 0 aromatic heterocycles. The summed E-state index contributed by atoms with van der Waals surface area (Å²) >= 11 is 0. The van der Waals surface area contributed by atoms with E-state index in [1.54, 1.807) is 12.1 Å². The van der Waals surface area contributed by atoms with Crippen molar-refractivity contribution in [3.63, 3.8) is 0 Å². The average Bonchev–Trinajstić information content (AvgIpc) is 2.47. The van der Waals surface area contributed by atoms with Crippen molar-refractivity contribution >= 4 is 0 Å². The highest BCUT2D eigenvalue weighted by Crippen LogP contribution is 2.17. The summed E-state index contributed by atoms with van der Waals surface area (Å²) < 4.78 is 23.9. The first-order chi connectivity index (χ1) is 9.79. The van der Waals surface area contributed by atoms with Gasteiger partial charge in [-0.2, -0.15) is 0 Å². The summed E-state index contributed by atoms with van der Waals surface area (Å²) in [6, 6.07) is 13.8. The Labute approximate surface area is 118 Å². The van der Waals surface area contributed by atoms with Crippen molar-refractivity contribution in [2.24, 2.45) is 0 Å². The maximum absolute atomic E-state index is 12.7. The van der Waals surface area contributed by atoms with Crippen molar-refractivity contribution in [3.05, 3.63) is 59.9 Å². The first-order valence-electron chi connectivity index (χ1n) is 6.53. The number of nitrogens with one attached hydrogen (secondary N) is 1. The molecule has 20 heavy (non-hydrogen) atoms. The lowest BCUT2D eigenvalue weighted by atomic mass is 10.2. The SMILES string of the molecule is CNCc1ccccc1OCCOc1ccc(F)cc1. The Morgan fingerprint density at radius 1 is 0.950 bits per heavy atom. The summed E-state index contributed by atoms with van der Waals surface area (Å²) in [4.78, 5) is 0. The Morgan fingerprint density at radius 2 is 1.65 bits per heavy atom. The third-order valence-electron chi connectivity index (χ3n) is 2.76. The fraction of sp³-hybridized carbons (Fsp3) is 0.250. The third kappa shape index (κ3) is 4.24. The number of rotatable bonds is 7. The molecule has 106 valence electrons. The van der Waals surface area contributed by atoms with E-state index in [-0.39, 0.29) is 5.82 Å². The zero-order chi connectivity index (χ0) is 14.2. The van der Waals surface area contributed by atoms with Crippen molar-refractivity contribution in [2.45, 2.75) is 6.54 Å². The molecule has 0 spiro atoms. The van der Waals surface area contributed by atoms with E-state index in [1.807, 2.05) is 31.3 Å². The molecule has 0 aliphatic carbocycles. The van der Waals surface area contributed by atoms with Crippen LogP contribution in [0.4, 0.5) is 4.39 Å². The predicted octanol–water partition coefficient (Wildman–Crippen LogP) is 3.00. The first-order valence-corrected chi connectivity index (χ1v) is 6.53. The summed E-state index contributed by atoms with van der Waals surface area (Å²) in [7, 11) is 1.90. The second-order valence-electron chi connectivity index (χ2n) is 4.29. The highest BCUT2D eigenvalue weighted by Gasteiger charge is 2.02. The third-order valence-corrected chi connectivity index (χ3v) is 2.76. The summed E-state index contributed by atoms with van der Waals surface area (Å²) in [6.45, 7) is 1.62. The van der Waals surface area contributed by atoms with E-state index in [4.69, 9.17) is 9.47 Å². The van der Waals surface area contributed by atoms with Gasteiger partial charge < -0.3 is 14.8 Å². The minimum absolute atomic E-state index is 0.269. The second kappa shape index (κ2) is 7.50. The van der Waals surface area contributed by atoms with Crippen molar-refractivity contribution in [2.75, 3.05) is 20.3 Å². The number of para-hydroxylation sites is 1. The van der Waals surface area contributed by atoms with Crippen molar-refractivity contribution in [1.82, 2.24) is 5.32 Å². The molecular formula is C16H18FNO2. The van der Waals surface area contributed by atoms with Gasteiger partial charge in [-0.1, -0.05) is 18.2 Å². The van der Waals surface area contributed by atoms with Gasteiger partial charge in [0, 0.05) is 12.1 Å². The number of hydrogen-bond acceptors (Lipinski definition) is 3. The summed E-state index contributed by atoms with van der Waals surface area (Å²) in [5.41, 5.74) is 1.11. The molecule has 0 unspecified atom stereocenters. The van der Waals surface area contributed by atoms with Crippen LogP contribution in [-0.2, 0) is 6.54 Å². The molecule has 4 heteroatoms. The Balaban J connectivity index is 1.79. The van der Waals surface area contributed by atoms with Gasteiger partial charge in [-0.15, -0.1) is 0 Å². The molecule has 2 aromatic carbocycles. The van der Waals surface area contributed by atoms with Crippen molar-refractivity contribution < 1.29 is 13.9 Å². The molecule has 2 rings (SSSR count). The Kier molecular flexibility index (Phi) is 5.38. The van der Waals surface area contributed by atoms with E-state index in [1.165, 1.54) is 12.1 Å². The molecule has 0 fully saturated rings. The van der Waals surface area contributed by atoms with Crippen LogP contribution in [0, 0.1) is 5.82 Å². The van der Waals surface area contributed by atoms with E-state index >= 15 is 0 Å². The molecular weight excluding hydrogens is 257 g/mol. The molecule has 0 radical (unpaired) electrons. The number of hydrogen-bond donors (Lipinski definition) is 1. The molecule has 1 N–H and O–H groups in total. The van der Waals surface area contributed by atoms with Gasteiger partial charge in [0.1, 0.15) is 30.5 Å². The van der Waals surface area contributed by atoms with E-state index in [9.17, 15) is 4.39 Å². The monoisotopic (exact) mass is 275 g/mol. The van der Waals surface area contributed by atoms with E-state index in [0.717, 1.165) is 17.9 Å².